The van der Waals surface area contributed by atoms with Crippen LogP contribution < -0.4 is 0 Å². The maximum Gasteiger partial charge on any atom is 0.219 e. The standard InChI is InChI=1S/C14H20N2OS/c1-3-4-7-13-10-18-14(15-13)12-6-5-8-16(9-12)11(2)17/h3,10,12H,1,4-9H2,2H3/t12-/m0/s1. The van der Waals surface area contributed by atoms with E-state index in [-0.39, 0.29) is 5.91 Å². The van der Waals surface area contributed by atoms with Crippen LogP contribution in [0, 0.1) is 0 Å². The minimum Gasteiger partial charge on any atom is -0.342 e. The molecule has 1 amide bonds. The average Bonchev–Trinajstić information content (AvgIpc) is 2.85. The third kappa shape index (κ3) is 3.19. The van der Waals surface area contributed by atoms with E-state index in [1.165, 1.54) is 5.01 Å². The summed E-state index contributed by atoms with van der Waals surface area (Å²) >= 11 is 1.74. The minimum absolute atomic E-state index is 0.183. The van der Waals surface area contributed by atoms with Crippen molar-refractivity contribution >= 4 is 17.2 Å². The lowest BCUT2D eigenvalue weighted by Crippen LogP contribution is -2.37. The van der Waals surface area contributed by atoms with Crippen LogP contribution in [0.3, 0.4) is 0 Å². The summed E-state index contributed by atoms with van der Waals surface area (Å²) in [5.74, 6) is 0.619. The molecule has 0 spiro atoms. The number of hydrogen-bond acceptors (Lipinski definition) is 3. The van der Waals surface area contributed by atoms with Crippen LogP contribution in [0.1, 0.15) is 42.8 Å². The van der Waals surface area contributed by atoms with Crippen LogP contribution in [-0.4, -0.2) is 28.9 Å². The van der Waals surface area contributed by atoms with Gasteiger partial charge < -0.3 is 4.90 Å². The number of piperidine rings is 1. The second-order valence-corrected chi connectivity index (χ2v) is 5.70. The molecule has 98 valence electrons. The number of carbonyl (C=O) groups excluding carboxylic acids is 1. The molecule has 0 saturated carbocycles. The van der Waals surface area contributed by atoms with Crippen LogP contribution in [0.25, 0.3) is 0 Å². The van der Waals surface area contributed by atoms with E-state index >= 15 is 0 Å². The summed E-state index contributed by atoms with van der Waals surface area (Å²) in [4.78, 5) is 18.1. The van der Waals surface area contributed by atoms with Gasteiger partial charge in [0.25, 0.3) is 0 Å². The van der Waals surface area contributed by atoms with Gasteiger partial charge in [-0.25, -0.2) is 4.98 Å². The van der Waals surface area contributed by atoms with E-state index in [1.807, 2.05) is 11.0 Å². The zero-order valence-electron chi connectivity index (χ0n) is 10.9. The van der Waals surface area contributed by atoms with Crippen molar-refractivity contribution in [2.24, 2.45) is 0 Å². The fraction of sp³-hybridized carbons (Fsp3) is 0.571. The first-order valence-electron chi connectivity index (χ1n) is 6.51. The Hall–Kier alpha value is -1.16. The molecule has 4 heteroatoms. The maximum atomic E-state index is 11.4. The van der Waals surface area contributed by atoms with Gasteiger partial charge >= 0.3 is 0 Å². The van der Waals surface area contributed by atoms with Gasteiger partial charge in [0.15, 0.2) is 0 Å². The molecule has 0 bridgehead atoms. The Morgan fingerprint density at radius 3 is 3.28 bits per heavy atom. The zero-order chi connectivity index (χ0) is 13.0. The van der Waals surface area contributed by atoms with Crippen molar-refractivity contribution in [2.45, 2.75) is 38.5 Å². The summed E-state index contributed by atoms with van der Waals surface area (Å²) in [6, 6.07) is 0. The molecule has 1 aliphatic rings. The molecule has 0 N–H and O–H groups in total. The molecule has 1 saturated heterocycles. The number of aryl methyl sites for hydroxylation is 1. The molecule has 1 fully saturated rings. The quantitative estimate of drug-likeness (QED) is 0.783. The van der Waals surface area contributed by atoms with Gasteiger partial charge in [-0.3, -0.25) is 4.79 Å². The summed E-state index contributed by atoms with van der Waals surface area (Å²) in [5.41, 5.74) is 1.16. The lowest BCUT2D eigenvalue weighted by atomic mass is 9.99. The van der Waals surface area contributed by atoms with E-state index in [0.29, 0.717) is 5.92 Å². The van der Waals surface area contributed by atoms with Gasteiger partial charge in [-0.2, -0.15) is 0 Å². The van der Waals surface area contributed by atoms with Crippen LogP contribution in [0.5, 0.6) is 0 Å². The van der Waals surface area contributed by atoms with E-state index in [0.717, 1.165) is 44.5 Å². The van der Waals surface area contributed by atoms with Gasteiger partial charge in [0.2, 0.25) is 5.91 Å². The van der Waals surface area contributed by atoms with Gasteiger partial charge in [-0.1, -0.05) is 6.08 Å². The number of hydrogen-bond donors (Lipinski definition) is 0. The van der Waals surface area contributed by atoms with Crippen molar-refractivity contribution < 1.29 is 4.79 Å². The van der Waals surface area contributed by atoms with E-state index in [1.54, 1.807) is 18.3 Å². The molecule has 0 unspecified atom stereocenters. The molecule has 1 atom stereocenters. The van der Waals surface area contributed by atoms with Crippen LogP contribution in [0.15, 0.2) is 18.0 Å². The Bertz CT molecular complexity index is 427. The van der Waals surface area contributed by atoms with Crippen LogP contribution >= 0.6 is 11.3 Å². The lowest BCUT2D eigenvalue weighted by molar-refractivity contribution is -0.130. The Morgan fingerprint density at radius 2 is 2.56 bits per heavy atom. The van der Waals surface area contributed by atoms with Crippen molar-refractivity contribution in [1.82, 2.24) is 9.88 Å². The third-order valence-electron chi connectivity index (χ3n) is 3.39. The number of likely N-dealkylation sites (tertiary alicyclic amines) is 1. The molecular formula is C14H20N2OS. The highest BCUT2D eigenvalue weighted by Crippen LogP contribution is 2.29. The molecule has 0 radical (unpaired) electrons. The molecule has 0 aliphatic carbocycles. The fourth-order valence-corrected chi connectivity index (χ4v) is 3.32. The lowest BCUT2D eigenvalue weighted by Gasteiger charge is -2.30. The number of amides is 1. The average molecular weight is 264 g/mol. The molecule has 3 nitrogen and oxygen atoms in total. The molecule has 1 aliphatic heterocycles. The van der Waals surface area contributed by atoms with Crippen LogP contribution in [0.4, 0.5) is 0 Å². The SMILES string of the molecule is C=CCCc1csc([C@H]2CCCN(C(C)=O)C2)n1. The Balaban J connectivity index is 1.99. The van der Waals surface area contributed by atoms with E-state index in [4.69, 9.17) is 4.98 Å². The fourth-order valence-electron chi connectivity index (χ4n) is 2.34. The largest absolute Gasteiger partial charge is 0.342 e. The maximum absolute atomic E-state index is 11.4. The van der Waals surface area contributed by atoms with Crippen LogP contribution in [-0.2, 0) is 11.2 Å². The third-order valence-corrected chi connectivity index (χ3v) is 4.45. The molecule has 1 aromatic rings. The topological polar surface area (TPSA) is 33.2 Å². The highest BCUT2D eigenvalue weighted by molar-refractivity contribution is 7.09. The number of carbonyl (C=O) groups is 1. The highest BCUT2D eigenvalue weighted by Gasteiger charge is 2.24. The number of aromatic nitrogens is 1. The first-order chi connectivity index (χ1) is 8.70. The van der Waals surface area contributed by atoms with Gasteiger partial charge in [0.1, 0.15) is 0 Å². The first kappa shape index (κ1) is 13.3. The van der Waals surface area contributed by atoms with E-state index < -0.39 is 0 Å². The Kier molecular flexibility index (Phi) is 4.53. The normalized spacial score (nSPS) is 19.8. The molecule has 18 heavy (non-hydrogen) atoms. The van der Waals surface area contributed by atoms with Crippen LogP contribution in [0.2, 0.25) is 0 Å². The van der Waals surface area contributed by atoms with Gasteiger partial charge in [0.05, 0.1) is 10.7 Å². The van der Waals surface area contributed by atoms with E-state index in [9.17, 15) is 4.79 Å². The zero-order valence-corrected chi connectivity index (χ0v) is 11.7. The minimum atomic E-state index is 0.183. The summed E-state index contributed by atoms with van der Waals surface area (Å²) in [5, 5.41) is 3.34. The first-order valence-corrected chi connectivity index (χ1v) is 7.39. The van der Waals surface area contributed by atoms with Gasteiger partial charge in [-0.15, -0.1) is 17.9 Å². The molecule has 2 rings (SSSR count). The van der Waals surface area contributed by atoms with Crippen molar-refractivity contribution in [3.8, 4) is 0 Å². The number of thiazole rings is 1. The number of rotatable bonds is 4. The summed E-state index contributed by atoms with van der Waals surface area (Å²) in [7, 11) is 0. The second-order valence-electron chi connectivity index (χ2n) is 4.81. The predicted molar refractivity (Wildman–Crippen MR) is 74.9 cm³/mol. The van der Waals surface area contributed by atoms with Gasteiger partial charge in [0, 0.05) is 31.3 Å². The van der Waals surface area contributed by atoms with E-state index in [2.05, 4.69) is 12.0 Å². The molecular weight excluding hydrogens is 244 g/mol. The van der Waals surface area contributed by atoms with Gasteiger partial charge in [-0.05, 0) is 25.7 Å². The number of allylic oxidation sites excluding steroid dienone is 1. The monoisotopic (exact) mass is 264 g/mol. The summed E-state index contributed by atoms with van der Waals surface area (Å²) < 4.78 is 0. The molecule has 1 aromatic heterocycles. The van der Waals surface area contributed by atoms with Crippen molar-refractivity contribution in [2.75, 3.05) is 13.1 Å². The molecule has 2 heterocycles. The second kappa shape index (κ2) is 6.14. The Morgan fingerprint density at radius 1 is 1.72 bits per heavy atom. The summed E-state index contributed by atoms with van der Waals surface area (Å²) in [6.07, 6.45) is 6.12. The van der Waals surface area contributed by atoms with Crippen molar-refractivity contribution in [3.63, 3.8) is 0 Å². The van der Waals surface area contributed by atoms with Crippen molar-refractivity contribution in [3.05, 3.63) is 28.7 Å². The summed E-state index contributed by atoms with van der Waals surface area (Å²) in [6.45, 7) is 7.13. The number of nitrogens with zero attached hydrogens (tertiary/aromatic N) is 2. The molecule has 0 aromatic carbocycles. The predicted octanol–water partition coefficient (Wildman–Crippen LogP) is 2.99. The van der Waals surface area contributed by atoms with Crippen molar-refractivity contribution in [1.29, 1.82) is 0 Å². The smallest absolute Gasteiger partial charge is 0.219 e. The highest BCUT2D eigenvalue weighted by atomic mass is 32.1. The Labute approximate surface area is 113 Å².